The highest BCUT2D eigenvalue weighted by Crippen LogP contribution is 2.23. The van der Waals surface area contributed by atoms with E-state index in [1.165, 1.54) is 32.4 Å². The van der Waals surface area contributed by atoms with Crippen LogP contribution in [0.4, 0.5) is 0 Å². The lowest BCUT2D eigenvalue weighted by atomic mass is 9.85. The standard InChI is InChI=1S/C15H29N3O/c1-12(18-8-3-2-4-9-18)11-17-15(19)13-6-5-7-14(16)10-13/h12-14H,2-11,16H2,1H3,(H,17,19). The van der Waals surface area contributed by atoms with Crippen molar-refractivity contribution in [1.29, 1.82) is 0 Å². The van der Waals surface area contributed by atoms with Gasteiger partial charge in [0.05, 0.1) is 0 Å². The molecule has 1 saturated carbocycles. The SMILES string of the molecule is CC(CNC(=O)C1CCCC(N)C1)N1CCCCC1. The molecule has 3 N–H and O–H groups in total. The number of nitrogens with one attached hydrogen (secondary N) is 1. The number of nitrogens with zero attached hydrogens (tertiary/aromatic N) is 1. The smallest absolute Gasteiger partial charge is 0.223 e. The quantitative estimate of drug-likeness (QED) is 0.811. The third-order valence-electron chi connectivity index (χ3n) is 4.67. The Kier molecular flexibility index (Phi) is 5.64. The largest absolute Gasteiger partial charge is 0.354 e. The second kappa shape index (κ2) is 7.25. The molecule has 4 nitrogen and oxygen atoms in total. The number of carbonyl (C=O) groups is 1. The van der Waals surface area contributed by atoms with Crippen molar-refractivity contribution >= 4 is 5.91 Å². The fraction of sp³-hybridized carbons (Fsp3) is 0.933. The van der Waals surface area contributed by atoms with E-state index in [1.54, 1.807) is 0 Å². The number of amides is 1. The van der Waals surface area contributed by atoms with Crippen LogP contribution in [0.2, 0.25) is 0 Å². The fourth-order valence-electron chi connectivity index (χ4n) is 3.35. The Morgan fingerprint density at radius 2 is 2.00 bits per heavy atom. The molecule has 4 heteroatoms. The number of nitrogens with two attached hydrogens (primary N) is 1. The van der Waals surface area contributed by atoms with Gasteiger partial charge in [-0.2, -0.15) is 0 Å². The Labute approximate surface area is 117 Å². The van der Waals surface area contributed by atoms with Crippen LogP contribution in [-0.2, 0) is 4.79 Å². The zero-order valence-corrected chi connectivity index (χ0v) is 12.2. The van der Waals surface area contributed by atoms with E-state index in [4.69, 9.17) is 5.73 Å². The first-order chi connectivity index (χ1) is 9.16. The molecular formula is C15H29N3O. The Morgan fingerprint density at radius 1 is 1.26 bits per heavy atom. The summed E-state index contributed by atoms with van der Waals surface area (Å²) in [4.78, 5) is 14.6. The second-order valence-corrected chi connectivity index (χ2v) is 6.31. The van der Waals surface area contributed by atoms with Crippen molar-refractivity contribution < 1.29 is 4.79 Å². The van der Waals surface area contributed by atoms with E-state index in [1.807, 2.05) is 0 Å². The molecule has 3 atom stereocenters. The van der Waals surface area contributed by atoms with Gasteiger partial charge >= 0.3 is 0 Å². The zero-order valence-electron chi connectivity index (χ0n) is 12.2. The van der Waals surface area contributed by atoms with Crippen LogP contribution in [0.1, 0.15) is 51.9 Å². The number of carbonyl (C=O) groups excluding carboxylic acids is 1. The van der Waals surface area contributed by atoms with Crippen molar-refractivity contribution in [2.45, 2.75) is 64.0 Å². The molecule has 2 rings (SSSR count). The highest BCUT2D eigenvalue weighted by Gasteiger charge is 2.26. The van der Waals surface area contributed by atoms with Crippen LogP contribution in [0.15, 0.2) is 0 Å². The molecule has 0 bridgehead atoms. The average Bonchev–Trinajstić information content (AvgIpc) is 2.45. The van der Waals surface area contributed by atoms with E-state index in [9.17, 15) is 4.79 Å². The highest BCUT2D eigenvalue weighted by molar-refractivity contribution is 5.78. The van der Waals surface area contributed by atoms with Gasteiger partial charge in [-0.1, -0.05) is 12.8 Å². The molecular weight excluding hydrogens is 238 g/mol. The Hall–Kier alpha value is -0.610. The summed E-state index contributed by atoms with van der Waals surface area (Å²) < 4.78 is 0. The van der Waals surface area contributed by atoms with E-state index in [2.05, 4.69) is 17.1 Å². The summed E-state index contributed by atoms with van der Waals surface area (Å²) in [6, 6.07) is 0.686. The summed E-state index contributed by atoms with van der Waals surface area (Å²) >= 11 is 0. The predicted octanol–water partition coefficient (Wildman–Crippen LogP) is 1.49. The van der Waals surface area contributed by atoms with Crippen LogP contribution in [0.5, 0.6) is 0 Å². The lowest BCUT2D eigenvalue weighted by molar-refractivity contribution is -0.126. The first kappa shape index (κ1) is 14.8. The normalized spacial score (nSPS) is 30.8. The minimum absolute atomic E-state index is 0.150. The summed E-state index contributed by atoms with van der Waals surface area (Å²) in [7, 11) is 0. The number of piperidine rings is 1. The molecule has 1 saturated heterocycles. The van der Waals surface area contributed by atoms with Gasteiger partial charge in [0.25, 0.3) is 0 Å². The van der Waals surface area contributed by atoms with Gasteiger partial charge in [-0.15, -0.1) is 0 Å². The maximum atomic E-state index is 12.1. The van der Waals surface area contributed by atoms with Crippen molar-refractivity contribution in [3.05, 3.63) is 0 Å². The highest BCUT2D eigenvalue weighted by atomic mass is 16.1. The number of rotatable bonds is 4. The van der Waals surface area contributed by atoms with Crippen molar-refractivity contribution in [3.8, 4) is 0 Å². The average molecular weight is 267 g/mol. The van der Waals surface area contributed by atoms with Crippen LogP contribution in [-0.4, -0.2) is 42.5 Å². The van der Waals surface area contributed by atoms with Gasteiger partial charge < -0.3 is 11.1 Å². The first-order valence-electron chi connectivity index (χ1n) is 7.94. The molecule has 0 radical (unpaired) electrons. The summed E-state index contributed by atoms with van der Waals surface area (Å²) in [5.41, 5.74) is 5.95. The van der Waals surface area contributed by atoms with E-state index in [-0.39, 0.29) is 17.9 Å². The summed E-state index contributed by atoms with van der Waals surface area (Å²) in [5, 5.41) is 3.13. The van der Waals surface area contributed by atoms with Crippen molar-refractivity contribution in [3.63, 3.8) is 0 Å². The summed E-state index contributed by atoms with van der Waals surface area (Å²) in [6.07, 6.45) is 8.01. The topological polar surface area (TPSA) is 58.4 Å². The molecule has 0 aromatic carbocycles. The number of hydrogen-bond donors (Lipinski definition) is 2. The number of hydrogen-bond acceptors (Lipinski definition) is 3. The lowest BCUT2D eigenvalue weighted by Crippen LogP contribution is -2.46. The molecule has 0 aromatic rings. The molecule has 3 unspecified atom stereocenters. The Balaban J connectivity index is 1.70. The molecule has 0 spiro atoms. The molecule has 1 amide bonds. The monoisotopic (exact) mass is 267 g/mol. The minimum atomic E-state index is 0.150. The summed E-state index contributed by atoms with van der Waals surface area (Å²) in [6.45, 7) is 5.37. The van der Waals surface area contributed by atoms with Crippen LogP contribution >= 0.6 is 0 Å². The zero-order chi connectivity index (χ0) is 13.7. The van der Waals surface area contributed by atoms with Crippen LogP contribution < -0.4 is 11.1 Å². The third-order valence-corrected chi connectivity index (χ3v) is 4.67. The van der Waals surface area contributed by atoms with E-state index in [0.29, 0.717) is 6.04 Å². The van der Waals surface area contributed by atoms with E-state index >= 15 is 0 Å². The Morgan fingerprint density at radius 3 is 2.68 bits per heavy atom. The number of likely N-dealkylation sites (tertiary alicyclic amines) is 1. The molecule has 110 valence electrons. The van der Waals surface area contributed by atoms with Gasteiger partial charge in [0, 0.05) is 24.5 Å². The van der Waals surface area contributed by atoms with Gasteiger partial charge in [-0.25, -0.2) is 0 Å². The second-order valence-electron chi connectivity index (χ2n) is 6.31. The predicted molar refractivity (Wildman–Crippen MR) is 77.8 cm³/mol. The van der Waals surface area contributed by atoms with Gasteiger partial charge in [-0.3, -0.25) is 9.69 Å². The van der Waals surface area contributed by atoms with Crippen LogP contribution in [0.3, 0.4) is 0 Å². The minimum Gasteiger partial charge on any atom is -0.354 e. The molecule has 2 aliphatic rings. The fourth-order valence-corrected chi connectivity index (χ4v) is 3.35. The van der Waals surface area contributed by atoms with E-state index < -0.39 is 0 Å². The molecule has 1 aliphatic heterocycles. The molecule has 1 heterocycles. The van der Waals surface area contributed by atoms with Gasteiger partial charge in [0.15, 0.2) is 0 Å². The maximum absolute atomic E-state index is 12.1. The lowest BCUT2D eigenvalue weighted by Gasteiger charge is -2.33. The molecule has 19 heavy (non-hydrogen) atoms. The van der Waals surface area contributed by atoms with Crippen LogP contribution in [0, 0.1) is 5.92 Å². The van der Waals surface area contributed by atoms with Crippen LogP contribution in [0.25, 0.3) is 0 Å². The third kappa shape index (κ3) is 4.46. The van der Waals surface area contributed by atoms with Crippen molar-refractivity contribution in [2.24, 2.45) is 11.7 Å². The van der Waals surface area contributed by atoms with Crippen molar-refractivity contribution in [2.75, 3.05) is 19.6 Å². The van der Waals surface area contributed by atoms with Gasteiger partial charge in [0.1, 0.15) is 0 Å². The molecule has 2 fully saturated rings. The first-order valence-corrected chi connectivity index (χ1v) is 7.94. The van der Waals surface area contributed by atoms with Gasteiger partial charge in [0.2, 0.25) is 5.91 Å². The van der Waals surface area contributed by atoms with Gasteiger partial charge in [-0.05, 0) is 52.1 Å². The Bertz CT molecular complexity index is 289. The molecule has 0 aromatic heterocycles. The van der Waals surface area contributed by atoms with E-state index in [0.717, 1.165) is 32.2 Å². The molecule has 1 aliphatic carbocycles. The van der Waals surface area contributed by atoms with Crippen molar-refractivity contribution in [1.82, 2.24) is 10.2 Å². The maximum Gasteiger partial charge on any atom is 0.223 e. The summed E-state index contributed by atoms with van der Waals surface area (Å²) in [5.74, 6) is 0.372.